The van der Waals surface area contributed by atoms with Crippen LogP contribution in [-0.4, -0.2) is 73.1 Å². The summed E-state index contributed by atoms with van der Waals surface area (Å²) in [6.07, 6.45) is 8.77. The highest BCUT2D eigenvalue weighted by molar-refractivity contribution is 5.01. The lowest BCUT2D eigenvalue weighted by Gasteiger charge is -2.56. The average molecular weight is 291 g/mol. The normalized spacial score (nSPS) is 34.0. The van der Waals surface area contributed by atoms with E-state index in [1.54, 1.807) is 0 Å². The van der Waals surface area contributed by atoms with E-state index < -0.39 is 0 Å². The minimum absolute atomic E-state index is 0.735. The Bertz CT molecular complexity index is 353. The van der Waals surface area contributed by atoms with Gasteiger partial charge in [-0.05, 0) is 70.0 Å². The summed E-state index contributed by atoms with van der Waals surface area (Å²) in [6, 6.07) is 1.81. The quantitative estimate of drug-likeness (QED) is 0.773. The van der Waals surface area contributed by atoms with Gasteiger partial charge in [-0.1, -0.05) is 6.92 Å². The average Bonchev–Trinajstić information content (AvgIpc) is 2.40. The predicted octanol–water partition coefficient (Wildman–Crippen LogP) is 2.28. The fourth-order valence-corrected chi connectivity index (χ4v) is 5.41. The van der Waals surface area contributed by atoms with E-state index in [1.807, 2.05) is 0 Å². The highest BCUT2D eigenvalue weighted by Gasteiger charge is 2.46. The molecule has 120 valence electrons. The third kappa shape index (κ3) is 2.77. The molecule has 0 aromatic rings. The van der Waals surface area contributed by atoms with Crippen molar-refractivity contribution in [3.05, 3.63) is 0 Å². The van der Waals surface area contributed by atoms with Crippen LogP contribution in [0.2, 0.25) is 0 Å². The first-order valence-electron chi connectivity index (χ1n) is 9.30. The summed E-state index contributed by atoms with van der Waals surface area (Å²) in [6.45, 7) is 10.6. The molecule has 4 aliphatic rings. The van der Waals surface area contributed by atoms with Crippen molar-refractivity contribution in [2.75, 3.05) is 46.3 Å². The van der Waals surface area contributed by atoms with Gasteiger partial charge in [-0.15, -0.1) is 0 Å². The van der Waals surface area contributed by atoms with Gasteiger partial charge in [-0.2, -0.15) is 0 Å². The van der Waals surface area contributed by atoms with Crippen LogP contribution in [0.1, 0.15) is 45.4 Å². The van der Waals surface area contributed by atoms with Crippen molar-refractivity contribution in [1.82, 2.24) is 14.7 Å². The topological polar surface area (TPSA) is 9.72 Å². The van der Waals surface area contributed by atoms with Crippen molar-refractivity contribution >= 4 is 0 Å². The fourth-order valence-electron chi connectivity index (χ4n) is 5.41. The summed E-state index contributed by atoms with van der Waals surface area (Å²) < 4.78 is 0. The summed E-state index contributed by atoms with van der Waals surface area (Å²) in [7, 11) is 2.27. The molecule has 0 bridgehead atoms. The maximum atomic E-state index is 2.80. The molecule has 4 rings (SSSR count). The Labute approximate surface area is 130 Å². The minimum atomic E-state index is 0.735. The molecular weight excluding hydrogens is 258 g/mol. The van der Waals surface area contributed by atoms with Crippen LogP contribution >= 0.6 is 0 Å². The molecule has 1 aliphatic carbocycles. The van der Waals surface area contributed by atoms with Gasteiger partial charge >= 0.3 is 0 Å². The molecule has 4 fully saturated rings. The molecule has 0 aromatic carbocycles. The molecule has 3 heteroatoms. The molecule has 21 heavy (non-hydrogen) atoms. The molecule has 3 nitrogen and oxygen atoms in total. The summed E-state index contributed by atoms with van der Waals surface area (Å²) in [5, 5.41) is 0. The van der Waals surface area contributed by atoms with Gasteiger partial charge in [0.25, 0.3) is 0 Å². The van der Waals surface area contributed by atoms with Crippen molar-refractivity contribution in [1.29, 1.82) is 0 Å². The Morgan fingerprint density at radius 1 is 0.810 bits per heavy atom. The zero-order chi connectivity index (χ0) is 14.4. The van der Waals surface area contributed by atoms with Crippen molar-refractivity contribution < 1.29 is 0 Å². The second-order valence-corrected chi connectivity index (χ2v) is 8.73. The number of nitrogens with zero attached hydrogens (tertiary/aromatic N) is 3. The lowest BCUT2D eigenvalue weighted by atomic mass is 9.67. The molecular formula is C18H33N3. The largest absolute Gasteiger partial charge is 0.305 e. The van der Waals surface area contributed by atoms with Crippen molar-refractivity contribution in [2.45, 2.75) is 57.5 Å². The summed E-state index contributed by atoms with van der Waals surface area (Å²) in [4.78, 5) is 8.08. The first kappa shape index (κ1) is 14.5. The van der Waals surface area contributed by atoms with Crippen molar-refractivity contribution in [2.24, 2.45) is 11.3 Å². The smallest absolute Gasteiger partial charge is 0.0350 e. The lowest BCUT2D eigenvalue weighted by molar-refractivity contribution is -0.0611. The first-order chi connectivity index (χ1) is 10.1. The zero-order valence-corrected chi connectivity index (χ0v) is 14.1. The number of rotatable bonds is 2. The van der Waals surface area contributed by atoms with Crippen LogP contribution in [0.3, 0.4) is 0 Å². The number of likely N-dealkylation sites (tertiary alicyclic amines) is 3. The Morgan fingerprint density at radius 2 is 1.43 bits per heavy atom. The molecule has 3 saturated heterocycles. The van der Waals surface area contributed by atoms with Crippen LogP contribution in [0.15, 0.2) is 0 Å². The van der Waals surface area contributed by atoms with Crippen LogP contribution in [0.25, 0.3) is 0 Å². The van der Waals surface area contributed by atoms with E-state index in [9.17, 15) is 0 Å². The maximum Gasteiger partial charge on any atom is 0.0350 e. The summed E-state index contributed by atoms with van der Waals surface area (Å²) >= 11 is 0. The highest BCUT2D eigenvalue weighted by Crippen LogP contribution is 2.44. The van der Waals surface area contributed by atoms with Gasteiger partial charge in [0.15, 0.2) is 0 Å². The molecule has 0 atom stereocenters. The van der Waals surface area contributed by atoms with E-state index >= 15 is 0 Å². The number of hydrogen-bond donors (Lipinski definition) is 0. The van der Waals surface area contributed by atoms with Gasteiger partial charge < -0.3 is 4.90 Å². The van der Waals surface area contributed by atoms with Crippen LogP contribution in [0.4, 0.5) is 0 Å². The molecule has 0 aromatic heterocycles. The zero-order valence-electron chi connectivity index (χ0n) is 14.1. The Kier molecular flexibility index (Phi) is 3.79. The third-order valence-electron chi connectivity index (χ3n) is 6.97. The van der Waals surface area contributed by atoms with Gasteiger partial charge in [0, 0.05) is 38.3 Å². The van der Waals surface area contributed by atoms with Crippen LogP contribution in [0, 0.1) is 11.3 Å². The monoisotopic (exact) mass is 291 g/mol. The lowest BCUT2D eigenvalue weighted by Crippen LogP contribution is -2.64. The van der Waals surface area contributed by atoms with Gasteiger partial charge in [0.05, 0.1) is 0 Å². The molecule has 0 N–H and O–H groups in total. The minimum Gasteiger partial charge on any atom is -0.305 e. The predicted molar refractivity (Wildman–Crippen MR) is 87.5 cm³/mol. The highest BCUT2D eigenvalue weighted by atomic mass is 15.3. The molecule has 3 aliphatic heterocycles. The number of hydrogen-bond acceptors (Lipinski definition) is 3. The van der Waals surface area contributed by atoms with Crippen LogP contribution < -0.4 is 0 Å². The first-order valence-corrected chi connectivity index (χ1v) is 9.30. The summed E-state index contributed by atoms with van der Waals surface area (Å²) in [5.41, 5.74) is 0.735. The third-order valence-corrected chi connectivity index (χ3v) is 6.97. The Balaban J connectivity index is 1.20. The standard InChI is InChI=1S/C18H33N3/c1-15-5-9-20(10-6-15)17-11-21(12-17)16-3-7-18(8-4-16)13-19(2)14-18/h15-17H,3-14H2,1-2H3. The van der Waals surface area contributed by atoms with Gasteiger partial charge in [0.1, 0.15) is 0 Å². The van der Waals surface area contributed by atoms with Gasteiger partial charge in [-0.25, -0.2) is 0 Å². The number of piperidine rings is 1. The molecule has 0 amide bonds. The van der Waals surface area contributed by atoms with E-state index in [1.165, 1.54) is 77.8 Å². The Hall–Kier alpha value is -0.120. The van der Waals surface area contributed by atoms with E-state index in [4.69, 9.17) is 0 Å². The van der Waals surface area contributed by atoms with E-state index in [-0.39, 0.29) is 0 Å². The molecule has 1 saturated carbocycles. The molecule has 0 unspecified atom stereocenters. The van der Waals surface area contributed by atoms with E-state index in [0.717, 1.165) is 23.4 Å². The molecule has 0 radical (unpaired) electrons. The fraction of sp³-hybridized carbons (Fsp3) is 1.00. The van der Waals surface area contributed by atoms with Crippen LogP contribution in [0.5, 0.6) is 0 Å². The molecule has 3 heterocycles. The van der Waals surface area contributed by atoms with Crippen LogP contribution in [-0.2, 0) is 0 Å². The second-order valence-electron chi connectivity index (χ2n) is 8.73. The van der Waals surface area contributed by atoms with E-state index in [0.29, 0.717) is 0 Å². The molecule has 1 spiro atoms. The second kappa shape index (κ2) is 5.50. The summed E-state index contributed by atoms with van der Waals surface area (Å²) in [5.74, 6) is 0.965. The van der Waals surface area contributed by atoms with Crippen molar-refractivity contribution in [3.8, 4) is 0 Å². The van der Waals surface area contributed by atoms with Crippen molar-refractivity contribution in [3.63, 3.8) is 0 Å². The van der Waals surface area contributed by atoms with E-state index in [2.05, 4.69) is 28.7 Å². The SMILES string of the molecule is CC1CCN(C2CN(C3CCC4(CC3)CN(C)C4)C2)CC1. The maximum absolute atomic E-state index is 2.80. The Morgan fingerprint density at radius 3 is 2.00 bits per heavy atom. The van der Waals surface area contributed by atoms with Gasteiger partial charge in [-0.3, -0.25) is 9.80 Å². The van der Waals surface area contributed by atoms with Gasteiger partial charge in [0.2, 0.25) is 0 Å².